The van der Waals surface area contributed by atoms with E-state index < -0.39 is 0 Å². The van der Waals surface area contributed by atoms with Crippen LogP contribution in [0.25, 0.3) is 22.5 Å². The molecule has 0 saturated carbocycles. The predicted octanol–water partition coefficient (Wildman–Crippen LogP) is 3.69. The molecule has 1 aliphatic rings. The summed E-state index contributed by atoms with van der Waals surface area (Å²) in [5.41, 5.74) is 5.63. The number of hydrogen-bond acceptors (Lipinski definition) is 5. The molecule has 3 heterocycles. The summed E-state index contributed by atoms with van der Waals surface area (Å²) in [6.45, 7) is 5.02. The number of benzene rings is 1. The first-order chi connectivity index (χ1) is 13.8. The van der Waals surface area contributed by atoms with Gasteiger partial charge < -0.3 is 10.0 Å². The fourth-order valence-corrected chi connectivity index (χ4v) is 4.05. The molecule has 3 aromatic rings. The largest absolute Gasteiger partial charge is 0.395 e. The third-order valence-corrected chi connectivity index (χ3v) is 5.50. The number of likely N-dealkylation sites (tertiary alicyclic amines) is 1. The van der Waals surface area contributed by atoms with Gasteiger partial charge in [-0.25, -0.2) is 9.97 Å². The minimum atomic E-state index is 0.198. The molecule has 0 spiro atoms. The monoisotopic (exact) mass is 374 g/mol. The number of β-amino-alcohol motifs (C(OH)–C–C–N with tert-alkyl or cyclic N) is 1. The zero-order chi connectivity index (χ0) is 19.3. The molecule has 144 valence electrons. The fraction of sp³-hybridized carbons (Fsp3) is 0.348. The first-order valence-electron chi connectivity index (χ1n) is 9.93. The van der Waals surface area contributed by atoms with Gasteiger partial charge in [0.25, 0.3) is 0 Å². The van der Waals surface area contributed by atoms with Gasteiger partial charge in [-0.1, -0.05) is 24.3 Å². The van der Waals surface area contributed by atoms with Crippen LogP contribution in [0.4, 0.5) is 0 Å². The number of piperidine rings is 1. The first-order valence-corrected chi connectivity index (χ1v) is 9.93. The van der Waals surface area contributed by atoms with E-state index in [1.54, 1.807) is 12.4 Å². The molecule has 1 aliphatic heterocycles. The highest BCUT2D eigenvalue weighted by Gasteiger charge is 2.26. The van der Waals surface area contributed by atoms with Crippen molar-refractivity contribution in [1.29, 1.82) is 0 Å². The number of aryl methyl sites for hydroxylation is 1. The average molecular weight is 374 g/mol. The number of pyridine rings is 1. The number of hydrogen-bond donors (Lipinski definition) is 1. The van der Waals surface area contributed by atoms with Crippen molar-refractivity contribution in [1.82, 2.24) is 19.9 Å². The lowest BCUT2D eigenvalue weighted by Gasteiger charge is -2.33. The average Bonchev–Trinajstić information content (AvgIpc) is 2.75. The molecule has 5 heteroatoms. The van der Waals surface area contributed by atoms with Crippen molar-refractivity contribution >= 4 is 0 Å². The van der Waals surface area contributed by atoms with Crippen molar-refractivity contribution in [3.05, 3.63) is 66.2 Å². The number of aromatic nitrogens is 3. The van der Waals surface area contributed by atoms with Crippen LogP contribution in [0, 0.1) is 6.92 Å². The Morgan fingerprint density at radius 3 is 2.71 bits per heavy atom. The molecule has 0 bridgehead atoms. The van der Waals surface area contributed by atoms with Crippen LogP contribution in [-0.2, 0) is 0 Å². The second kappa shape index (κ2) is 8.59. The molecule has 0 aliphatic carbocycles. The lowest BCUT2D eigenvalue weighted by Crippen LogP contribution is -2.36. The Hall–Kier alpha value is -2.63. The molecule has 1 atom stereocenters. The third-order valence-electron chi connectivity index (χ3n) is 5.50. The maximum Gasteiger partial charge on any atom is 0.159 e. The van der Waals surface area contributed by atoms with Gasteiger partial charge in [0.15, 0.2) is 5.82 Å². The lowest BCUT2D eigenvalue weighted by atomic mass is 9.88. The number of nitrogens with zero attached hydrogens (tertiary/aromatic N) is 4. The summed E-state index contributed by atoms with van der Waals surface area (Å²) in [6, 6.07) is 12.3. The maximum absolute atomic E-state index is 9.36. The van der Waals surface area contributed by atoms with E-state index in [-0.39, 0.29) is 6.61 Å². The SMILES string of the molecule is Cc1ccccc1-c1cnc(-c2ccncc2)nc1C1CCCN(CCO)C1. The fourth-order valence-electron chi connectivity index (χ4n) is 4.05. The molecule has 1 N–H and O–H groups in total. The van der Waals surface area contributed by atoms with Crippen LogP contribution < -0.4 is 0 Å². The predicted molar refractivity (Wildman–Crippen MR) is 111 cm³/mol. The van der Waals surface area contributed by atoms with Gasteiger partial charge in [0.05, 0.1) is 12.3 Å². The summed E-state index contributed by atoms with van der Waals surface area (Å²) >= 11 is 0. The van der Waals surface area contributed by atoms with Crippen molar-refractivity contribution in [3.63, 3.8) is 0 Å². The Bertz CT molecular complexity index is 927. The van der Waals surface area contributed by atoms with Crippen LogP contribution in [0.5, 0.6) is 0 Å². The molecule has 0 radical (unpaired) electrons. The van der Waals surface area contributed by atoms with Crippen LogP contribution in [-0.4, -0.2) is 51.2 Å². The van der Waals surface area contributed by atoms with E-state index in [0.717, 1.165) is 55.1 Å². The van der Waals surface area contributed by atoms with Crippen molar-refractivity contribution < 1.29 is 5.11 Å². The quantitative estimate of drug-likeness (QED) is 0.738. The summed E-state index contributed by atoms with van der Waals surface area (Å²) in [5.74, 6) is 1.08. The molecule has 5 nitrogen and oxygen atoms in total. The highest BCUT2D eigenvalue weighted by atomic mass is 16.3. The van der Waals surface area contributed by atoms with E-state index in [1.807, 2.05) is 18.3 Å². The Morgan fingerprint density at radius 1 is 1.11 bits per heavy atom. The molecule has 0 amide bonds. The van der Waals surface area contributed by atoms with E-state index in [2.05, 4.69) is 46.1 Å². The van der Waals surface area contributed by atoms with Gasteiger partial charge in [0.1, 0.15) is 0 Å². The molecule has 4 rings (SSSR count). The molecule has 28 heavy (non-hydrogen) atoms. The minimum Gasteiger partial charge on any atom is -0.395 e. The van der Waals surface area contributed by atoms with Crippen LogP contribution >= 0.6 is 0 Å². The topological polar surface area (TPSA) is 62.1 Å². The first kappa shape index (κ1) is 18.7. The van der Waals surface area contributed by atoms with Gasteiger partial charge in [-0.3, -0.25) is 4.98 Å². The van der Waals surface area contributed by atoms with Crippen LogP contribution in [0.2, 0.25) is 0 Å². The van der Waals surface area contributed by atoms with Crippen molar-refractivity contribution in [2.24, 2.45) is 0 Å². The number of rotatable bonds is 5. The summed E-state index contributed by atoms with van der Waals surface area (Å²) < 4.78 is 0. The van der Waals surface area contributed by atoms with Crippen LogP contribution in [0.15, 0.2) is 55.0 Å². The Balaban J connectivity index is 1.79. The second-order valence-corrected chi connectivity index (χ2v) is 7.41. The van der Waals surface area contributed by atoms with Crippen molar-refractivity contribution in [3.8, 4) is 22.5 Å². The maximum atomic E-state index is 9.36. The summed E-state index contributed by atoms with van der Waals surface area (Å²) in [6.07, 6.45) is 7.75. The Labute approximate surface area is 166 Å². The van der Waals surface area contributed by atoms with Gasteiger partial charge in [-0.05, 0) is 49.6 Å². The molecular weight excluding hydrogens is 348 g/mol. The smallest absolute Gasteiger partial charge is 0.159 e. The van der Waals surface area contributed by atoms with Gasteiger partial charge in [-0.15, -0.1) is 0 Å². The van der Waals surface area contributed by atoms with Gasteiger partial charge >= 0.3 is 0 Å². The Kier molecular flexibility index (Phi) is 5.74. The highest BCUT2D eigenvalue weighted by molar-refractivity contribution is 5.70. The molecule has 2 aromatic heterocycles. The normalized spacial score (nSPS) is 17.6. The summed E-state index contributed by atoms with van der Waals surface area (Å²) in [5, 5.41) is 9.36. The number of aliphatic hydroxyl groups is 1. The van der Waals surface area contributed by atoms with E-state index in [9.17, 15) is 5.11 Å². The van der Waals surface area contributed by atoms with E-state index >= 15 is 0 Å². The summed E-state index contributed by atoms with van der Waals surface area (Å²) in [4.78, 5) is 16.2. The number of aliphatic hydroxyl groups excluding tert-OH is 1. The lowest BCUT2D eigenvalue weighted by molar-refractivity contribution is 0.160. The van der Waals surface area contributed by atoms with Crippen molar-refractivity contribution in [2.75, 3.05) is 26.2 Å². The molecule has 1 unspecified atom stereocenters. The highest BCUT2D eigenvalue weighted by Crippen LogP contribution is 2.35. The summed E-state index contributed by atoms with van der Waals surface area (Å²) in [7, 11) is 0. The van der Waals surface area contributed by atoms with Gasteiger partial charge in [-0.2, -0.15) is 0 Å². The van der Waals surface area contributed by atoms with Gasteiger partial charge in [0, 0.05) is 48.7 Å². The third kappa shape index (κ3) is 3.96. The molecule has 1 aromatic carbocycles. The van der Waals surface area contributed by atoms with E-state index in [1.165, 1.54) is 11.1 Å². The van der Waals surface area contributed by atoms with E-state index in [0.29, 0.717) is 5.92 Å². The van der Waals surface area contributed by atoms with Crippen LogP contribution in [0.3, 0.4) is 0 Å². The van der Waals surface area contributed by atoms with E-state index in [4.69, 9.17) is 4.98 Å². The zero-order valence-corrected chi connectivity index (χ0v) is 16.3. The van der Waals surface area contributed by atoms with Gasteiger partial charge in [0.2, 0.25) is 0 Å². The zero-order valence-electron chi connectivity index (χ0n) is 16.3. The van der Waals surface area contributed by atoms with Crippen molar-refractivity contribution in [2.45, 2.75) is 25.7 Å². The van der Waals surface area contributed by atoms with Crippen LogP contribution in [0.1, 0.15) is 30.0 Å². The molecule has 1 saturated heterocycles. The molecule has 1 fully saturated rings. The second-order valence-electron chi connectivity index (χ2n) is 7.41. The minimum absolute atomic E-state index is 0.198. The molecular formula is C23H26N4O. The standard InChI is InChI=1S/C23H26N4O/c1-17-5-2-3-7-20(17)21-15-25-23(18-8-10-24-11-9-18)26-22(21)19-6-4-12-27(16-19)13-14-28/h2-3,5,7-11,15,19,28H,4,6,12-14,16H2,1H3. The Morgan fingerprint density at radius 2 is 1.93 bits per heavy atom.